The first-order chi connectivity index (χ1) is 12.8. The summed E-state index contributed by atoms with van der Waals surface area (Å²) in [6.45, 7) is 8.01. The average molecular weight is 376 g/mol. The molecule has 7 heteroatoms. The Kier molecular flexibility index (Phi) is 5.17. The van der Waals surface area contributed by atoms with Crippen molar-refractivity contribution >= 4 is 11.6 Å². The molecule has 1 aliphatic rings. The molecule has 0 bridgehead atoms. The van der Waals surface area contributed by atoms with E-state index in [2.05, 4.69) is 4.85 Å². The highest BCUT2D eigenvalue weighted by molar-refractivity contribution is 6.01. The molecular weight excluding hydrogens is 360 g/mol. The first-order valence-electron chi connectivity index (χ1n) is 8.49. The van der Waals surface area contributed by atoms with Gasteiger partial charge in [-0.15, -0.1) is 0 Å². The van der Waals surface area contributed by atoms with Crippen LogP contribution in [0, 0.1) is 12.4 Å². The van der Waals surface area contributed by atoms with Crippen LogP contribution in [0.5, 0.6) is 0 Å². The zero-order valence-corrected chi connectivity index (χ0v) is 14.3. The topological polar surface area (TPSA) is 24.7 Å². The number of rotatable bonds is 2. The van der Waals surface area contributed by atoms with Gasteiger partial charge in [0.05, 0.1) is 17.7 Å². The van der Waals surface area contributed by atoms with Crippen molar-refractivity contribution in [1.82, 2.24) is 4.90 Å². The van der Waals surface area contributed by atoms with Gasteiger partial charge in [-0.05, 0) is 42.5 Å². The molecule has 1 heterocycles. The van der Waals surface area contributed by atoms with Crippen LogP contribution in [0.4, 0.5) is 23.2 Å². The first kappa shape index (κ1) is 18.9. The van der Waals surface area contributed by atoms with Crippen molar-refractivity contribution in [2.75, 3.05) is 13.1 Å². The summed E-state index contributed by atoms with van der Waals surface area (Å²) in [4.78, 5) is 17.3. The number of hydrogen-bond donors (Lipinski definition) is 0. The minimum atomic E-state index is -4.70. The number of hydrogen-bond acceptors (Lipinski definition) is 1. The molecule has 0 spiro atoms. The lowest BCUT2D eigenvalue weighted by Gasteiger charge is -2.27. The fourth-order valence-corrected chi connectivity index (χ4v) is 3.24. The fraction of sp³-hybridized carbons (Fsp3) is 0.300. The van der Waals surface area contributed by atoms with Gasteiger partial charge in [-0.25, -0.2) is 9.24 Å². The maximum Gasteiger partial charge on any atom is 0.407 e. The van der Waals surface area contributed by atoms with E-state index in [1.807, 2.05) is 0 Å². The molecule has 0 atom stereocenters. The molecule has 0 aliphatic carbocycles. The zero-order valence-electron chi connectivity index (χ0n) is 14.3. The monoisotopic (exact) mass is 376 g/mol. The van der Waals surface area contributed by atoms with Gasteiger partial charge in [0.25, 0.3) is 5.91 Å². The van der Waals surface area contributed by atoms with Crippen LogP contribution in [0.1, 0.15) is 35.2 Å². The van der Waals surface area contributed by atoms with Gasteiger partial charge in [0, 0.05) is 13.1 Å². The quantitative estimate of drug-likeness (QED) is 0.488. The Morgan fingerprint density at radius 2 is 1.74 bits per heavy atom. The summed E-state index contributed by atoms with van der Waals surface area (Å²) in [5.74, 6) is -1.03. The predicted molar refractivity (Wildman–Crippen MR) is 92.9 cm³/mol. The number of amides is 1. The summed E-state index contributed by atoms with van der Waals surface area (Å²) in [6.07, 6.45) is -2.01. The van der Waals surface area contributed by atoms with E-state index in [0.717, 1.165) is 43.5 Å². The van der Waals surface area contributed by atoms with Crippen molar-refractivity contribution in [2.24, 2.45) is 0 Å². The van der Waals surface area contributed by atoms with E-state index in [0.29, 0.717) is 13.1 Å². The number of nitrogens with zero attached hydrogens (tertiary/aromatic N) is 2. The molecule has 0 radical (unpaired) electrons. The largest absolute Gasteiger partial charge is 0.407 e. The lowest BCUT2D eigenvalue weighted by Crippen LogP contribution is -2.35. The van der Waals surface area contributed by atoms with Crippen molar-refractivity contribution in [2.45, 2.75) is 25.4 Å². The third-order valence-electron chi connectivity index (χ3n) is 4.59. The predicted octanol–water partition coefficient (Wildman–Crippen LogP) is 5.69. The van der Waals surface area contributed by atoms with Crippen LogP contribution in [-0.2, 0) is 6.18 Å². The molecule has 2 aromatic rings. The van der Waals surface area contributed by atoms with E-state index in [-0.39, 0.29) is 16.7 Å². The smallest absolute Gasteiger partial charge is 0.339 e. The molecule has 3 nitrogen and oxygen atoms in total. The van der Waals surface area contributed by atoms with Crippen LogP contribution in [0.2, 0.25) is 0 Å². The van der Waals surface area contributed by atoms with Gasteiger partial charge in [-0.2, -0.15) is 13.2 Å². The average Bonchev–Trinajstić information content (AvgIpc) is 2.67. The Morgan fingerprint density at radius 3 is 2.37 bits per heavy atom. The minimum Gasteiger partial charge on any atom is -0.339 e. The summed E-state index contributed by atoms with van der Waals surface area (Å²) in [5, 5.41) is 0. The second kappa shape index (κ2) is 7.39. The van der Waals surface area contributed by atoms with Crippen LogP contribution >= 0.6 is 0 Å². The Hall–Kier alpha value is -2.88. The fourth-order valence-electron chi connectivity index (χ4n) is 3.24. The van der Waals surface area contributed by atoms with Gasteiger partial charge in [-0.3, -0.25) is 4.79 Å². The number of alkyl halides is 3. The lowest BCUT2D eigenvalue weighted by molar-refractivity contribution is -0.136. The van der Waals surface area contributed by atoms with Crippen LogP contribution in [-0.4, -0.2) is 23.9 Å². The van der Waals surface area contributed by atoms with Gasteiger partial charge >= 0.3 is 6.18 Å². The Labute approximate surface area is 154 Å². The Bertz CT molecular complexity index is 909. The molecule has 27 heavy (non-hydrogen) atoms. The minimum absolute atomic E-state index is 0.0283. The van der Waals surface area contributed by atoms with Crippen LogP contribution < -0.4 is 0 Å². The maximum absolute atomic E-state index is 13.8. The molecule has 3 rings (SSSR count). The van der Waals surface area contributed by atoms with Gasteiger partial charge in [0.1, 0.15) is 5.82 Å². The molecule has 1 amide bonds. The molecule has 1 aliphatic heterocycles. The van der Waals surface area contributed by atoms with Gasteiger partial charge in [0.15, 0.2) is 5.69 Å². The number of halogens is 4. The van der Waals surface area contributed by atoms with E-state index < -0.39 is 29.2 Å². The van der Waals surface area contributed by atoms with Crippen LogP contribution in [0.25, 0.3) is 16.0 Å². The Morgan fingerprint density at radius 1 is 1.04 bits per heavy atom. The number of benzene rings is 2. The number of carbonyl (C=O) groups is 1. The van der Waals surface area contributed by atoms with Crippen molar-refractivity contribution < 1.29 is 22.4 Å². The third kappa shape index (κ3) is 3.95. The summed E-state index contributed by atoms with van der Waals surface area (Å²) in [7, 11) is 0. The second-order valence-corrected chi connectivity index (χ2v) is 6.38. The summed E-state index contributed by atoms with van der Waals surface area (Å²) < 4.78 is 53.6. The Balaban J connectivity index is 2.10. The normalized spacial score (nSPS) is 14.7. The van der Waals surface area contributed by atoms with E-state index >= 15 is 0 Å². The molecule has 1 saturated heterocycles. The molecule has 0 saturated carbocycles. The molecule has 0 N–H and O–H groups in total. The van der Waals surface area contributed by atoms with Crippen molar-refractivity contribution in [3.63, 3.8) is 0 Å². The van der Waals surface area contributed by atoms with Gasteiger partial charge in [0.2, 0.25) is 0 Å². The number of piperidine rings is 1. The van der Waals surface area contributed by atoms with E-state index in [1.54, 1.807) is 4.90 Å². The molecule has 0 aromatic heterocycles. The highest BCUT2D eigenvalue weighted by atomic mass is 19.4. The van der Waals surface area contributed by atoms with E-state index in [4.69, 9.17) is 6.57 Å². The summed E-state index contributed by atoms with van der Waals surface area (Å²) in [6, 6.07) is 6.74. The second-order valence-electron chi connectivity index (χ2n) is 6.38. The molecule has 140 valence electrons. The molecule has 0 unspecified atom stereocenters. The summed E-state index contributed by atoms with van der Waals surface area (Å²) >= 11 is 0. The first-order valence-corrected chi connectivity index (χ1v) is 8.49. The van der Waals surface area contributed by atoms with E-state index in [1.165, 1.54) is 12.1 Å². The molecule has 2 aromatic carbocycles. The molecule has 1 fully saturated rings. The van der Waals surface area contributed by atoms with Crippen molar-refractivity contribution in [1.29, 1.82) is 0 Å². The van der Waals surface area contributed by atoms with E-state index in [9.17, 15) is 22.4 Å². The van der Waals surface area contributed by atoms with Crippen LogP contribution in [0.3, 0.4) is 0 Å². The highest BCUT2D eigenvalue weighted by Crippen LogP contribution is 2.39. The SMILES string of the molecule is [C-]#[N+]c1ccc(-c2ccc(F)cc2C(=O)N2CCCCC2)cc1C(F)(F)F. The zero-order chi connectivity index (χ0) is 19.6. The highest BCUT2D eigenvalue weighted by Gasteiger charge is 2.34. The standard InChI is InChI=1S/C20H16F4N2O/c1-25-18-8-5-13(11-17(18)20(22,23)24)15-7-6-14(21)12-16(15)19(27)26-9-3-2-4-10-26/h5-8,11-12H,2-4,9-10H2. The van der Waals surface area contributed by atoms with Gasteiger partial charge in [-0.1, -0.05) is 24.3 Å². The lowest BCUT2D eigenvalue weighted by atomic mass is 9.95. The maximum atomic E-state index is 13.8. The van der Waals surface area contributed by atoms with Crippen molar-refractivity contribution in [3.05, 3.63) is 64.8 Å². The summed E-state index contributed by atoms with van der Waals surface area (Å²) in [5.41, 5.74) is -1.22. The third-order valence-corrected chi connectivity index (χ3v) is 4.59. The van der Waals surface area contributed by atoms with Crippen LogP contribution in [0.15, 0.2) is 36.4 Å². The van der Waals surface area contributed by atoms with Gasteiger partial charge < -0.3 is 4.90 Å². The van der Waals surface area contributed by atoms with Crippen molar-refractivity contribution in [3.8, 4) is 11.1 Å². The molecular formula is C20H16F4N2O. The number of carbonyl (C=O) groups excluding carboxylic acids is 1. The number of likely N-dealkylation sites (tertiary alicyclic amines) is 1.